The summed E-state index contributed by atoms with van der Waals surface area (Å²) < 4.78 is 0. The highest BCUT2D eigenvalue weighted by Gasteiger charge is 2.06. The second kappa shape index (κ2) is 6.91. The van der Waals surface area contributed by atoms with Crippen LogP contribution in [0.15, 0.2) is 46.5 Å². The van der Waals surface area contributed by atoms with Crippen LogP contribution in [0.25, 0.3) is 0 Å². The number of hydrogen-bond acceptors (Lipinski definition) is 3. The minimum Gasteiger partial charge on any atom is -0.310 e. The maximum atomic E-state index is 4.62. The lowest BCUT2D eigenvalue weighted by Crippen LogP contribution is -2.21. The maximum Gasteiger partial charge on any atom is 0.104 e. The monoisotopic (exact) mass is 286 g/mol. The van der Waals surface area contributed by atoms with Crippen molar-refractivity contribution in [1.29, 1.82) is 0 Å². The summed E-state index contributed by atoms with van der Waals surface area (Å²) in [5.74, 6) is 0. The Labute approximate surface area is 126 Å². The molecule has 20 heavy (non-hydrogen) atoms. The molecule has 0 amide bonds. The SMILES string of the molecule is Cc1ccccc1Sc1ncc(CNC(C)C)cc1C. The van der Waals surface area contributed by atoms with Gasteiger partial charge in [-0.2, -0.15) is 0 Å². The summed E-state index contributed by atoms with van der Waals surface area (Å²) in [6, 6.07) is 11.2. The van der Waals surface area contributed by atoms with E-state index in [4.69, 9.17) is 0 Å². The van der Waals surface area contributed by atoms with E-state index >= 15 is 0 Å². The summed E-state index contributed by atoms with van der Waals surface area (Å²) in [6.07, 6.45) is 1.98. The molecule has 1 heterocycles. The quantitative estimate of drug-likeness (QED) is 0.884. The van der Waals surface area contributed by atoms with E-state index in [0.717, 1.165) is 11.6 Å². The van der Waals surface area contributed by atoms with Crippen LogP contribution in [-0.4, -0.2) is 11.0 Å². The molecule has 0 atom stereocenters. The highest BCUT2D eigenvalue weighted by molar-refractivity contribution is 7.99. The Kier molecular flexibility index (Phi) is 5.21. The van der Waals surface area contributed by atoms with Crippen molar-refractivity contribution in [2.75, 3.05) is 0 Å². The maximum absolute atomic E-state index is 4.62. The number of pyridine rings is 1. The van der Waals surface area contributed by atoms with Crippen molar-refractivity contribution in [3.8, 4) is 0 Å². The predicted molar refractivity (Wildman–Crippen MR) is 86.3 cm³/mol. The van der Waals surface area contributed by atoms with Gasteiger partial charge in [0.2, 0.25) is 0 Å². The minimum absolute atomic E-state index is 0.497. The molecule has 0 unspecified atom stereocenters. The second-order valence-corrected chi connectivity index (χ2v) is 6.40. The molecule has 2 rings (SSSR count). The smallest absolute Gasteiger partial charge is 0.104 e. The Morgan fingerprint density at radius 3 is 2.55 bits per heavy atom. The van der Waals surface area contributed by atoms with Crippen LogP contribution >= 0.6 is 11.8 Å². The Bertz CT molecular complexity index is 579. The van der Waals surface area contributed by atoms with Crippen LogP contribution in [0.3, 0.4) is 0 Å². The van der Waals surface area contributed by atoms with Crippen LogP contribution in [0.1, 0.15) is 30.5 Å². The fraction of sp³-hybridized carbons (Fsp3) is 0.353. The zero-order valence-electron chi connectivity index (χ0n) is 12.6. The van der Waals surface area contributed by atoms with Crippen LogP contribution in [0.4, 0.5) is 0 Å². The number of benzene rings is 1. The topological polar surface area (TPSA) is 24.9 Å². The summed E-state index contributed by atoms with van der Waals surface area (Å²) in [6.45, 7) is 9.46. The van der Waals surface area contributed by atoms with Crippen molar-refractivity contribution in [2.45, 2.75) is 50.2 Å². The molecule has 0 fully saturated rings. The van der Waals surface area contributed by atoms with Gasteiger partial charge >= 0.3 is 0 Å². The van der Waals surface area contributed by atoms with E-state index in [-0.39, 0.29) is 0 Å². The van der Waals surface area contributed by atoms with Crippen LogP contribution < -0.4 is 5.32 Å². The van der Waals surface area contributed by atoms with Gasteiger partial charge < -0.3 is 5.32 Å². The molecule has 1 N–H and O–H groups in total. The van der Waals surface area contributed by atoms with Gasteiger partial charge in [-0.15, -0.1) is 0 Å². The van der Waals surface area contributed by atoms with Gasteiger partial charge in [-0.3, -0.25) is 0 Å². The van der Waals surface area contributed by atoms with Gasteiger partial charge in [0, 0.05) is 23.7 Å². The van der Waals surface area contributed by atoms with E-state index < -0.39 is 0 Å². The number of nitrogens with one attached hydrogen (secondary N) is 1. The van der Waals surface area contributed by atoms with Crippen molar-refractivity contribution < 1.29 is 0 Å². The van der Waals surface area contributed by atoms with Gasteiger partial charge in [0.15, 0.2) is 0 Å². The van der Waals surface area contributed by atoms with Crippen molar-refractivity contribution in [3.05, 3.63) is 53.2 Å². The molecule has 0 aliphatic heterocycles. The number of hydrogen-bond donors (Lipinski definition) is 1. The molecular weight excluding hydrogens is 264 g/mol. The molecule has 3 heteroatoms. The lowest BCUT2D eigenvalue weighted by Gasteiger charge is -2.11. The Morgan fingerprint density at radius 2 is 1.90 bits per heavy atom. The standard InChI is InChI=1S/C17H22N2S/c1-12(2)18-10-15-9-14(4)17(19-11-15)20-16-8-6-5-7-13(16)3/h5-9,11-12,18H,10H2,1-4H3. The molecule has 0 saturated heterocycles. The molecule has 106 valence electrons. The summed E-state index contributed by atoms with van der Waals surface area (Å²) in [5.41, 5.74) is 3.77. The van der Waals surface area contributed by atoms with E-state index in [1.807, 2.05) is 6.20 Å². The third-order valence-electron chi connectivity index (χ3n) is 3.10. The van der Waals surface area contributed by atoms with Gasteiger partial charge in [0.1, 0.15) is 5.03 Å². The Morgan fingerprint density at radius 1 is 1.15 bits per heavy atom. The summed E-state index contributed by atoms with van der Waals surface area (Å²) in [5, 5.41) is 4.51. The van der Waals surface area contributed by atoms with Crippen LogP contribution in [0.2, 0.25) is 0 Å². The summed E-state index contributed by atoms with van der Waals surface area (Å²) in [4.78, 5) is 5.89. The lowest BCUT2D eigenvalue weighted by atomic mass is 10.2. The third-order valence-corrected chi connectivity index (χ3v) is 4.40. The molecule has 2 nitrogen and oxygen atoms in total. The molecular formula is C17H22N2S. The van der Waals surface area contributed by atoms with Gasteiger partial charge in [-0.1, -0.05) is 49.9 Å². The number of aromatic nitrogens is 1. The lowest BCUT2D eigenvalue weighted by molar-refractivity contribution is 0.587. The predicted octanol–water partition coefficient (Wildman–Crippen LogP) is 4.35. The first kappa shape index (κ1) is 15.1. The van der Waals surface area contributed by atoms with E-state index in [0.29, 0.717) is 6.04 Å². The zero-order chi connectivity index (χ0) is 14.5. The normalized spacial score (nSPS) is 11.1. The highest BCUT2D eigenvalue weighted by atomic mass is 32.2. The molecule has 0 radical (unpaired) electrons. The molecule has 0 saturated carbocycles. The number of rotatable bonds is 5. The van der Waals surface area contributed by atoms with Crippen LogP contribution in [0.5, 0.6) is 0 Å². The van der Waals surface area contributed by atoms with Crippen molar-refractivity contribution in [2.24, 2.45) is 0 Å². The zero-order valence-corrected chi connectivity index (χ0v) is 13.4. The summed E-state index contributed by atoms with van der Waals surface area (Å²) >= 11 is 1.74. The van der Waals surface area contributed by atoms with Crippen molar-refractivity contribution >= 4 is 11.8 Å². The largest absolute Gasteiger partial charge is 0.310 e. The number of nitrogens with zero attached hydrogens (tertiary/aromatic N) is 1. The molecule has 0 bridgehead atoms. The molecule has 1 aromatic carbocycles. The first-order chi connectivity index (χ1) is 9.56. The molecule has 0 aliphatic carbocycles. The highest BCUT2D eigenvalue weighted by Crippen LogP contribution is 2.30. The van der Waals surface area contributed by atoms with E-state index in [9.17, 15) is 0 Å². The second-order valence-electron chi connectivity index (χ2n) is 5.37. The van der Waals surface area contributed by atoms with Gasteiger partial charge in [0.05, 0.1) is 0 Å². The van der Waals surface area contributed by atoms with Gasteiger partial charge in [-0.05, 0) is 36.6 Å². The van der Waals surface area contributed by atoms with Crippen LogP contribution in [0, 0.1) is 13.8 Å². The van der Waals surface area contributed by atoms with Gasteiger partial charge in [-0.25, -0.2) is 4.98 Å². The molecule has 1 aromatic heterocycles. The minimum atomic E-state index is 0.497. The molecule has 0 aliphatic rings. The average molecular weight is 286 g/mol. The molecule has 2 aromatic rings. The Hall–Kier alpha value is -1.32. The average Bonchev–Trinajstić information content (AvgIpc) is 2.41. The fourth-order valence-corrected chi connectivity index (χ4v) is 2.83. The number of aryl methyl sites for hydroxylation is 2. The molecule has 0 spiro atoms. The van der Waals surface area contributed by atoms with Gasteiger partial charge in [0.25, 0.3) is 0 Å². The van der Waals surface area contributed by atoms with Crippen molar-refractivity contribution in [1.82, 2.24) is 10.3 Å². The Balaban J connectivity index is 2.12. The van der Waals surface area contributed by atoms with E-state index in [2.05, 4.69) is 68.3 Å². The summed E-state index contributed by atoms with van der Waals surface area (Å²) in [7, 11) is 0. The van der Waals surface area contributed by atoms with Crippen LogP contribution in [-0.2, 0) is 6.54 Å². The van der Waals surface area contributed by atoms with E-state index in [1.54, 1.807) is 11.8 Å². The van der Waals surface area contributed by atoms with Crippen molar-refractivity contribution in [3.63, 3.8) is 0 Å². The first-order valence-electron chi connectivity index (χ1n) is 6.98. The fourth-order valence-electron chi connectivity index (χ4n) is 1.92. The first-order valence-corrected chi connectivity index (χ1v) is 7.80. The van der Waals surface area contributed by atoms with E-state index in [1.165, 1.54) is 21.6 Å². The third kappa shape index (κ3) is 4.09.